The average Bonchev–Trinajstić information content (AvgIpc) is 2.60. The van der Waals surface area contributed by atoms with Crippen molar-refractivity contribution in [3.05, 3.63) is 64.3 Å². The Labute approximate surface area is 150 Å². The molecule has 0 N–H and O–H groups in total. The van der Waals surface area contributed by atoms with E-state index < -0.39 is 0 Å². The number of hydrogen-bond acceptors (Lipinski definition) is 3. The fraction of sp³-hybridized carbons (Fsp3) is 0.409. The van der Waals surface area contributed by atoms with E-state index in [2.05, 4.69) is 36.1 Å². The highest BCUT2D eigenvalue weighted by Crippen LogP contribution is 2.17. The van der Waals surface area contributed by atoms with Gasteiger partial charge in [-0.2, -0.15) is 0 Å². The van der Waals surface area contributed by atoms with Crippen LogP contribution >= 0.6 is 0 Å². The molecular weight excluding hydrogens is 312 g/mol. The second-order valence-corrected chi connectivity index (χ2v) is 5.88. The van der Waals surface area contributed by atoms with E-state index in [1.165, 1.54) is 6.07 Å². The molecular formula is C22H26O3. The van der Waals surface area contributed by atoms with Crippen LogP contribution in [0, 0.1) is 11.8 Å². The first-order valence-corrected chi connectivity index (χ1v) is 9.04. The summed E-state index contributed by atoms with van der Waals surface area (Å²) in [6.45, 7) is 2.02. The van der Waals surface area contributed by atoms with Gasteiger partial charge in [-0.25, -0.2) is 0 Å². The molecule has 0 fully saturated rings. The molecule has 0 spiro atoms. The van der Waals surface area contributed by atoms with Gasteiger partial charge in [-0.15, -0.1) is 5.92 Å². The van der Waals surface area contributed by atoms with Crippen molar-refractivity contribution in [3.8, 4) is 17.8 Å². The minimum atomic E-state index is -0.0802. The van der Waals surface area contributed by atoms with Crippen molar-refractivity contribution in [1.82, 2.24) is 0 Å². The third kappa shape index (κ3) is 7.76. The van der Waals surface area contributed by atoms with Gasteiger partial charge >= 0.3 is 0 Å². The molecule has 25 heavy (non-hydrogen) atoms. The molecule has 1 aromatic heterocycles. The van der Waals surface area contributed by atoms with E-state index in [1.54, 1.807) is 6.07 Å². The highest BCUT2D eigenvalue weighted by atomic mass is 16.6. The van der Waals surface area contributed by atoms with Crippen molar-refractivity contribution in [2.75, 3.05) is 0 Å². The fourth-order valence-electron chi connectivity index (χ4n) is 2.45. The number of hydrogen-bond donors (Lipinski definition) is 0. The summed E-state index contributed by atoms with van der Waals surface area (Å²) in [6.07, 6.45) is 17.3. The molecule has 2 rings (SSSR count). The molecule has 3 nitrogen and oxygen atoms in total. The van der Waals surface area contributed by atoms with Gasteiger partial charge in [0, 0.05) is 31.7 Å². The lowest BCUT2D eigenvalue weighted by Crippen LogP contribution is -2.03. The lowest BCUT2D eigenvalue weighted by molar-refractivity contribution is 0.284. The van der Waals surface area contributed by atoms with Crippen LogP contribution in [0.3, 0.4) is 0 Å². The van der Waals surface area contributed by atoms with Crippen LogP contribution in [-0.4, -0.2) is 0 Å². The maximum absolute atomic E-state index is 11.9. The van der Waals surface area contributed by atoms with E-state index in [0.29, 0.717) is 5.76 Å². The van der Waals surface area contributed by atoms with E-state index >= 15 is 0 Å². The van der Waals surface area contributed by atoms with Crippen LogP contribution in [-0.2, 0) is 6.42 Å². The number of rotatable bonds is 1. The Morgan fingerprint density at radius 3 is 2.76 bits per heavy atom. The topological polar surface area (TPSA) is 39.4 Å². The summed E-state index contributed by atoms with van der Waals surface area (Å²) < 4.78 is 11.5. The standard InChI is InChI=1S/C22H26O3/c1-2-20-15-13-11-9-7-5-3-4-6-8-10-12-14-16-21-17-19(23)18-22(24-20)25-21/h3,5,9,11,15,17-18H,2,4,7,10,12-14,16H2,1H3/b5-3-,11-9-,20-15?. The van der Waals surface area contributed by atoms with Gasteiger partial charge in [-0.3, -0.25) is 4.79 Å². The second kappa shape index (κ2) is 11.1. The fourth-order valence-corrected chi connectivity index (χ4v) is 2.45. The Morgan fingerprint density at radius 2 is 1.88 bits per heavy atom. The molecule has 0 aromatic carbocycles. The summed E-state index contributed by atoms with van der Waals surface area (Å²) in [5.41, 5.74) is -0.0802. The Kier molecular flexibility index (Phi) is 8.41. The van der Waals surface area contributed by atoms with Gasteiger partial charge < -0.3 is 9.15 Å². The van der Waals surface area contributed by atoms with E-state index in [-0.39, 0.29) is 11.4 Å². The molecule has 1 aromatic rings. The highest BCUT2D eigenvalue weighted by Gasteiger charge is 2.06. The van der Waals surface area contributed by atoms with Gasteiger partial charge in [0.25, 0.3) is 5.95 Å². The smallest absolute Gasteiger partial charge is 0.293 e. The summed E-state index contributed by atoms with van der Waals surface area (Å²) in [5.74, 6) is 8.11. The summed E-state index contributed by atoms with van der Waals surface area (Å²) >= 11 is 0. The SMILES string of the molecule is CCC1=CC/C=C\C/C=C\CC#CCCCCc2cc(=O)cc(o2)O1. The molecule has 0 atom stereocenters. The van der Waals surface area contributed by atoms with Crippen LogP contribution in [0.15, 0.2) is 57.5 Å². The van der Waals surface area contributed by atoms with E-state index in [1.807, 2.05) is 13.0 Å². The predicted molar refractivity (Wildman–Crippen MR) is 101 cm³/mol. The highest BCUT2D eigenvalue weighted by molar-refractivity contribution is 5.14. The molecule has 3 heteroatoms. The zero-order valence-electron chi connectivity index (χ0n) is 14.9. The van der Waals surface area contributed by atoms with Crippen LogP contribution in [0.2, 0.25) is 0 Å². The normalized spacial score (nSPS) is 19.0. The predicted octanol–water partition coefficient (Wildman–Crippen LogP) is 5.33. The van der Waals surface area contributed by atoms with Crippen molar-refractivity contribution >= 4 is 0 Å². The van der Waals surface area contributed by atoms with Crippen molar-refractivity contribution in [1.29, 1.82) is 0 Å². The molecule has 0 amide bonds. The van der Waals surface area contributed by atoms with E-state index in [4.69, 9.17) is 9.15 Å². The Morgan fingerprint density at radius 1 is 1.04 bits per heavy atom. The maximum Gasteiger partial charge on any atom is 0.293 e. The Bertz CT molecular complexity index is 739. The largest absolute Gasteiger partial charge is 0.431 e. The quantitative estimate of drug-likeness (QED) is 0.513. The van der Waals surface area contributed by atoms with Gasteiger partial charge in [-0.1, -0.05) is 37.1 Å². The van der Waals surface area contributed by atoms with Gasteiger partial charge in [0.05, 0.1) is 6.07 Å². The van der Waals surface area contributed by atoms with Gasteiger partial charge in [0.1, 0.15) is 11.5 Å². The van der Waals surface area contributed by atoms with E-state index in [9.17, 15) is 4.79 Å². The molecule has 0 unspecified atom stereocenters. The van der Waals surface area contributed by atoms with Crippen LogP contribution in [0.1, 0.15) is 57.6 Å². The maximum atomic E-state index is 11.9. The molecule has 0 saturated carbocycles. The Hall–Kier alpha value is -2.47. The first-order chi connectivity index (χ1) is 12.3. The molecule has 0 saturated heterocycles. The molecule has 2 heterocycles. The van der Waals surface area contributed by atoms with Gasteiger partial charge in [0.2, 0.25) is 0 Å². The number of fused-ring (bicyclic) bond motifs is 2. The summed E-state index contributed by atoms with van der Waals surface area (Å²) in [5, 5.41) is 0. The molecule has 2 bridgehead atoms. The average molecular weight is 338 g/mol. The summed E-state index contributed by atoms with van der Waals surface area (Å²) in [7, 11) is 0. The third-order valence-corrected chi connectivity index (χ3v) is 3.78. The number of ether oxygens (including phenoxy) is 1. The molecule has 132 valence electrons. The van der Waals surface area contributed by atoms with Crippen LogP contribution in [0.25, 0.3) is 0 Å². The zero-order valence-corrected chi connectivity index (χ0v) is 14.9. The first kappa shape index (κ1) is 18.9. The minimum absolute atomic E-state index is 0.0802. The summed E-state index contributed by atoms with van der Waals surface area (Å²) in [6, 6.07) is 2.95. The van der Waals surface area contributed by atoms with Crippen molar-refractivity contribution in [2.45, 2.75) is 58.3 Å². The number of aryl methyl sites for hydroxylation is 1. The molecule has 0 aliphatic carbocycles. The second-order valence-electron chi connectivity index (χ2n) is 5.88. The third-order valence-electron chi connectivity index (χ3n) is 3.78. The lowest BCUT2D eigenvalue weighted by atomic mass is 10.1. The minimum Gasteiger partial charge on any atom is -0.431 e. The van der Waals surface area contributed by atoms with Crippen LogP contribution < -0.4 is 10.2 Å². The lowest BCUT2D eigenvalue weighted by Gasteiger charge is -2.08. The molecule has 1 aliphatic rings. The monoisotopic (exact) mass is 338 g/mol. The number of allylic oxidation sites excluding steroid dienone is 6. The summed E-state index contributed by atoms with van der Waals surface area (Å²) in [4.78, 5) is 11.9. The van der Waals surface area contributed by atoms with Crippen LogP contribution in [0.4, 0.5) is 0 Å². The van der Waals surface area contributed by atoms with Gasteiger partial charge in [0.15, 0.2) is 5.43 Å². The zero-order chi connectivity index (χ0) is 17.7. The van der Waals surface area contributed by atoms with Crippen molar-refractivity contribution in [3.63, 3.8) is 0 Å². The van der Waals surface area contributed by atoms with E-state index in [0.717, 1.165) is 57.1 Å². The molecule has 1 aliphatic heterocycles. The first-order valence-electron chi connectivity index (χ1n) is 9.04. The van der Waals surface area contributed by atoms with Crippen molar-refractivity contribution in [2.24, 2.45) is 0 Å². The van der Waals surface area contributed by atoms with Gasteiger partial charge in [-0.05, 0) is 31.8 Å². The molecule has 0 radical (unpaired) electrons. The Balaban J connectivity index is 2.14. The van der Waals surface area contributed by atoms with Crippen LogP contribution in [0.5, 0.6) is 5.95 Å². The van der Waals surface area contributed by atoms with Crippen molar-refractivity contribution < 1.29 is 9.15 Å².